The van der Waals surface area contributed by atoms with Crippen LogP contribution in [0.3, 0.4) is 0 Å². The molecule has 1 aliphatic rings. The van der Waals surface area contributed by atoms with E-state index >= 15 is 0 Å². The molecular formula is C20H24N2O5. The van der Waals surface area contributed by atoms with Gasteiger partial charge in [0.05, 0.1) is 16.6 Å². The van der Waals surface area contributed by atoms with Gasteiger partial charge in [-0.2, -0.15) is 5.26 Å². The number of nitrogens with zero attached hydrogens (tertiary/aromatic N) is 2. The van der Waals surface area contributed by atoms with Crippen LogP contribution in [0.15, 0.2) is 24.3 Å². The Kier molecular flexibility index (Phi) is 5.15. The largest absolute Gasteiger partial charge is 0.455 e. The van der Waals surface area contributed by atoms with Crippen LogP contribution >= 0.6 is 0 Å². The third kappa shape index (κ3) is 3.57. The lowest BCUT2D eigenvalue weighted by atomic mass is 9.66. The SMILES string of the molecule is C[C@H]1[C@@](C)(OC(=O)c2ccc([N+](=O)[O-])cc2)CC[C@]1(C#N)C(=O)C(C)(C)C. The first-order chi connectivity index (χ1) is 12.4. The monoisotopic (exact) mass is 372 g/mol. The van der Waals surface area contributed by atoms with Crippen molar-refractivity contribution in [2.24, 2.45) is 16.7 Å². The molecule has 0 unspecified atom stereocenters. The highest BCUT2D eigenvalue weighted by molar-refractivity contribution is 5.93. The summed E-state index contributed by atoms with van der Waals surface area (Å²) >= 11 is 0. The number of benzene rings is 1. The second kappa shape index (κ2) is 6.76. The van der Waals surface area contributed by atoms with Crippen LogP contribution in [-0.4, -0.2) is 22.3 Å². The number of nitro groups is 1. The Bertz CT molecular complexity index is 818. The summed E-state index contributed by atoms with van der Waals surface area (Å²) in [5.74, 6) is -1.26. The lowest BCUT2D eigenvalue weighted by Crippen LogP contribution is -2.46. The van der Waals surface area contributed by atoms with Crippen molar-refractivity contribution in [2.75, 3.05) is 0 Å². The zero-order chi connectivity index (χ0) is 20.6. The number of non-ortho nitro benzene ring substituents is 1. The molecule has 1 fully saturated rings. The van der Waals surface area contributed by atoms with E-state index in [9.17, 15) is 25.0 Å². The number of carbonyl (C=O) groups is 2. The van der Waals surface area contributed by atoms with E-state index in [1.165, 1.54) is 24.3 Å². The molecular weight excluding hydrogens is 348 g/mol. The molecule has 7 nitrogen and oxygen atoms in total. The minimum Gasteiger partial charge on any atom is -0.455 e. The summed E-state index contributed by atoms with van der Waals surface area (Å²) in [5, 5.41) is 20.5. The number of nitriles is 1. The molecule has 2 rings (SSSR count). The summed E-state index contributed by atoms with van der Waals surface area (Å²) in [6, 6.07) is 7.35. The van der Waals surface area contributed by atoms with Gasteiger partial charge in [0.15, 0.2) is 5.78 Å². The van der Waals surface area contributed by atoms with Gasteiger partial charge in [-0.1, -0.05) is 27.7 Å². The zero-order valence-corrected chi connectivity index (χ0v) is 16.2. The zero-order valence-electron chi connectivity index (χ0n) is 16.2. The van der Waals surface area contributed by atoms with Gasteiger partial charge in [0, 0.05) is 23.5 Å². The first-order valence-corrected chi connectivity index (χ1v) is 8.81. The topological polar surface area (TPSA) is 110 Å². The van der Waals surface area contributed by atoms with Gasteiger partial charge in [-0.05, 0) is 31.9 Å². The van der Waals surface area contributed by atoms with Crippen molar-refractivity contribution >= 4 is 17.4 Å². The maximum Gasteiger partial charge on any atom is 0.338 e. The van der Waals surface area contributed by atoms with Gasteiger partial charge in [-0.25, -0.2) is 4.79 Å². The van der Waals surface area contributed by atoms with Crippen LogP contribution in [0.5, 0.6) is 0 Å². The van der Waals surface area contributed by atoms with Gasteiger partial charge in [0.1, 0.15) is 11.0 Å². The van der Waals surface area contributed by atoms with Crippen LogP contribution in [0.2, 0.25) is 0 Å². The molecule has 0 saturated heterocycles. The first-order valence-electron chi connectivity index (χ1n) is 8.81. The molecule has 7 heteroatoms. The Morgan fingerprint density at radius 1 is 1.26 bits per heavy atom. The molecule has 1 aromatic rings. The quantitative estimate of drug-likeness (QED) is 0.447. The highest BCUT2D eigenvalue weighted by Crippen LogP contribution is 2.53. The Morgan fingerprint density at radius 2 is 1.81 bits per heavy atom. The molecule has 27 heavy (non-hydrogen) atoms. The van der Waals surface area contributed by atoms with E-state index in [0.717, 1.165) is 0 Å². The van der Waals surface area contributed by atoms with Crippen LogP contribution in [0.25, 0.3) is 0 Å². The molecule has 1 aliphatic carbocycles. The number of hydrogen-bond donors (Lipinski definition) is 0. The summed E-state index contributed by atoms with van der Waals surface area (Å²) < 4.78 is 5.71. The molecule has 0 heterocycles. The maximum absolute atomic E-state index is 12.9. The molecule has 1 saturated carbocycles. The molecule has 3 atom stereocenters. The number of esters is 1. The molecule has 144 valence electrons. The first kappa shape index (κ1) is 20.6. The highest BCUT2D eigenvalue weighted by atomic mass is 16.6. The number of Topliss-reactive ketones (excluding diaryl/α,β-unsaturated/α-hetero) is 1. The van der Waals surface area contributed by atoms with E-state index in [2.05, 4.69) is 6.07 Å². The van der Waals surface area contributed by atoms with Gasteiger partial charge in [-0.3, -0.25) is 14.9 Å². The minimum atomic E-state index is -1.21. The number of carbonyl (C=O) groups excluding carboxylic acids is 2. The van der Waals surface area contributed by atoms with E-state index in [-0.39, 0.29) is 17.0 Å². The summed E-state index contributed by atoms with van der Waals surface area (Å²) in [5.41, 5.74) is -2.80. The molecule has 0 spiro atoms. The predicted octanol–water partition coefficient (Wildman–Crippen LogP) is 4.07. The Morgan fingerprint density at radius 3 is 2.26 bits per heavy atom. The third-order valence-electron chi connectivity index (χ3n) is 5.60. The van der Waals surface area contributed by atoms with Crippen LogP contribution in [0.1, 0.15) is 57.8 Å². The van der Waals surface area contributed by atoms with Crippen molar-refractivity contribution in [3.8, 4) is 6.07 Å². The van der Waals surface area contributed by atoms with Crippen LogP contribution in [-0.2, 0) is 9.53 Å². The van der Waals surface area contributed by atoms with E-state index in [4.69, 9.17) is 4.74 Å². The van der Waals surface area contributed by atoms with Gasteiger partial charge >= 0.3 is 5.97 Å². The Balaban J connectivity index is 2.26. The molecule has 0 aromatic heterocycles. The lowest BCUT2D eigenvalue weighted by molar-refractivity contribution is -0.384. The van der Waals surface area contributed by atoms with Crippen molar-refractivity contribution in [3.05, 3.63) is 39.9 Å². The Hall–Kier alpha value is -2.75. The smallest absolute Gasteiger partial charge is 0.338 e. The number of ether oxygens (including phenoxy) is 1. The third-order valence-corrected chi connectivity index (χ3v) is 5.60. The molecule has 0 amide bonds. The van der Waals surface area contributed by atoms with Gasteiger partial charge in [0.25, 0.3) is 5.69 Å². The fraction of sp³-hybridized carbons (Fsp3) is 0.550. The number of hydrogen-bond acceptors (Lipinski definition) is 6. The van der Waals surface area contributed by atoms with Crippen molar-refractivity contribution in [3.63, 3.8) is 0 Å². The Labute approximate surface area is 158 Å². The number of ketones is 1. The molecule has 0 N–H and O–H groups in total. The fourth-order valence-electron chi connectivity index (χ4n) is 3.71. The summed E-state index contributed by atoms with van der Waals surface area (Å²) in [6.45, 7) is 8.83. The standard InChI is InChI=1S/C20H24N2O5/c1-13-19(5,10-11-20(13,12-21)17(24)18(2,3)4)27-16(23)14-6-8-15(9-7-14)22(25)26/h6-9,13H,10-11H2,1-5H3/t13-,19-,20+/m0/s1. The van der Waals surface area contributed by atoms with Crippen molar-refractivity contribution < 1.29 is 19.2 Å². The van der Waals surface area contributed by atoms with Crippen molar-refractivity contribution in [2.45, 2.75) is 53.1 Å². The maximum atomic E-state index is 12.9. The molecule has 0 aliphatic heterocycles. The van der Waals surface area contributed by atoms with E-state index in [1.807, 2.05) is 0 Å². The number of rotatable bonds is 4. The minimum absolute atomic E-state index is 0.119. The fourth-order valence-corrected chi connectivity index (χ4v) is 3.71. The van der Waals surface area contributed by atoms with Gasteiger partial charge in [0.2, 0.25) is 0 Å². The second-order valence-electron chi connectivity index (χ2n) is 8.39. The molecule has 0 radical (unpaired) electrons. The van der Waals surface area contributed by atoms with Crippen LogP contribution in [0.4, 0.5) is 5.69 Å². The summed E-state index contributed by atoms with van der Waals surface area (Å²) in [6.07, 6.45) is 0.715. The van der Waals surface area contributed by atoms with E-state index in [1.54, 1.807) is 34.6 Å². The van der Waals surface area contributed by atoms with Crippen LogP contribution < -0.4 is 0 Å². The predicted molar refractivity (Wildman–Crippen MR) is 97.8 cm³/mol. The van der Waals surface area contributed by atoms with Crippen molar-refractivity contribution in [1.82, 2.24) is 0 Å². The van der Waals surface area contributed by atoms with Gasteiger partial charge < -0.3 is 4.74 Å². The van der Waals surface area contributed by atoms with E-state index < -0.39 is 33.2 Å². The normalized spacial score (nSPS) is 27.6. The van der Waals surface area contributed by atoms with E-state index in [0.29, 0.717) is 12.8 Å². The molecule has 1 aromatic carbocycles. The van der Waals surface area contributed by atoms with Crippen molar-refractivity contribution in [1.29, 1.82) is 5.26 Å². The summed E-state index contributed by atoms with van der Waals surface area (Å²) in [7, 11) is 0. The van der Waals surface area contributed by atoms with Gasteiger partial charge in [-0.15, -0.1) is 0 Å². The number of nitro benzene ring substituents is 1. The average Bonchev–Trinajstić information content (AvgIpc) is 2.85. The second-order valence-corrected chi connectivity index (χ2v) is 8.39. The van der Waals surface area contributed by atoms with Crippen LogP contribution in [0, 0.1) is 38.2 Å². The average molecular weight is 372 g/mol. The summed E-state index contributed by atoms with van der Waals surface area (Å²) in [4.78, 5) is 35.7. The molecule has 0 bridgehead atoms. The highest BCUT2D eigenvalue weighted by Gasteiger charge is 2.60. The lowest BCUT2D eigenvalue weighted by Gasteiger charge is -2.36.